The van der Waals surface area contributed by atoms with Gasteiger partial charge in [0, 0.05) is 0 Å². The number of rotatable bonds is 2. The second-order valence-electron chi connectivity index (χ2n) is 2.53. The molecule has 0 spiro atoms. The summed E-state index contributed by atoms with van der Waals surface area (Å²) in [6.07, 6.45) is 4.26. The Balaban J connectivity index is 2.15. The Labute approximate surface area is 92.9 Å². The van der Waals surface area contributed by atoms with Gasteiger partial charge in [-0.15, -0.1) is 5.10 Å². The zero-order valence-electron chi connectivity index (χ0n) is 7.35. The number of carbonyl (C=O) groups is 1. The van der Waals surface area contributed by atoms with E-state index in [4.69, 9.17) is 4.42 Å². The topological polar surface area (TPSA) is 80.9 Å². The van der Waals surface area contributed by atoms with E-state index in [0.29, 0.717) is 10.2 Å². The minimum absolute atomic E-state index is 0.149. The highest BCUT2D eigenvalue weighted by Crippen LogP contribution is 2.17. The molecule has 0 aromatic carbocycles. The summed E-state index contributed by atoms with van der Waals surface area (Å²) in [7, 11) is 0. The van der Waals surface area contributed by atoms with E-state index in [0.717, 1.165) is 0 Å². The lowest BCUT2D eigenvalue weighted by molar-refractivity contribution is 0.102. The number of anilines is 1. The maximum absolute atomic E-state index is 11.6. The van der Waals surface area contributed by atoms with Crippen LogP contribution in [0.15, 0.2) is 33.8 Å². The Kier molecular flexibility index (Phi) is 2.72. The van der Waals surface area contributed by atoms with Crippen LogP contribution >= 0.6 is 15.9 Å². The van der Waals surface area contributed by atoms with Crippen LogP contribution in [0.2, 0.25) is 0 Å². The number of nitrogens with zero attached hydrogens (tertiary/aromatic N) is 3. The molecule has 0 aliphatic heterocycles. The van der Waals surface area contributed by atoms with Gasteiger partial charge in [-0.05, 0) is 22.0 Å². The van der Waals surface area contributed by atoms with Crippen LogP contribution in [0.3, 0.4) is 0 Å². The molecule has 0 saturated carbocycles. The Bertz CT molecular complexity index is 471. The van der Waals surface area contributed by atoms with Gasteiger partial charge in [-0.3, -0.25) is 10.1 Å². The molecule has 2 heterocycles. The normalized spacial score (nSPS) is 9.93. The van der Waals surface area contributed by atoms with E-state index in [1.54, 1.807) is 0 Å². The third-order valence-corrected chi connectivity index (χ3v) is 2.18. The Hall–Kier alpha value is -1.76. The van der Waals surface area contributed by atoms with Gasteiger partial charge in [0.15, 0.2) is 4.67 Å². The first-order valence-electron chi connectivity index (χ1n) is 3.95. The maximum Gasteiger partial charge on any atom is 0.262 e. The van der Waals surface area contributed by atoms with Gasteiger partial charge in [0.1, 0.15) is 0 Å². The standard InChI is InChI=1S/C8H5BrN4O2/c9-6-5(1-4-15-6)7(14)12-8-10-2-3-11-13-8/h1-4H,(H,10,12,13,14). The minimum atomic E-state index is -0.358. The van der Waals surface area contributed by atoms with Gasteiger partial charge in [0.05, 0.1) is 24.2 Å². The summed E-state index contributed by atoms with van der Waals surface area (Å²) in [6, 6.07) is 1.54. The number of hydrogen-bond acceptors (Lipinski definition) is 5. The first kappa shape index (κ1) is 9.78. The van der Waals surface area contributed by atoms with Crippen molar-refractivity contribution in [2.75, 3.05) is 5.32 Å². The quantitative estimate of drug-likeness (QED) is 0.892. The van der Waals surface area contributed by atoms with Crippen molar-refractivity contribution in [3.63, 3.8) is 0 Å². The summed E-state index contributed by atoms with van der Waals surface area (Å²) >= 11 is 3.10. The van der Waals surface area contributed by atoms with E-state index in [1.807, 2.05) is 0 Å². The van der Waals surface area contributed by atoms with Crippen molar-refractivity contribution in [3.05, 3.63) is 35.0 Å². The molecule has 15 heavy (non-hydrogen) atoms. The summed E-state index contributed by atoms with van der Waals surface area (Å²) in [5.74, 6) is -0.209. The summed E-state index contributed by atoms with van der Waals surface area (Å²) in [4.78, 5) is 15.4. The van der Waals surface area contributed by atoms with E-state index in [-0.39, 0.29) is 11.9 Å². The van der Waals surface area contributed by atoms with Crippen molar-refractivity contribution >= 4 is 27.8 Å². The van der Waals surface area contributed by atoms with Crippen LogP contribution in [0, 0.1) is 0 Å². The molecule has 0 radical (unpaired) electrons. The summed E-state index contributed by atoms with van der Waals surface area (Å²) in [5.41, 5.74) is 0.377. The van der Waals surface area contributed by atoms with Gasteiger partial charge < -0.3 is 4.42 Å². The SMILES string of the molecule is O=C(Nc1nccnn1)c1ccoc1Br. The molecule has 0 fully saturated rings. The highest BCUT2D eigenvalue weighted by molar-refractivity contribution is 9.10. The fraction of sp³-hybridized carbons (Fsp3) is 0. The number of nitrogens with one attached hydrogen (secondary N) is 1. The van der Waals surface area contributed by atoms with Crippen LogP contribution in [0.1, 0.15) is 10.4 Å². The monoisotopic (exact) mass is 268 g/mol. The third kappa shape index (κ3) is 2.18. The van der Waals surface area contributed by atoms with Crippen LogP contribution in [0.4, 0.5) is 5.95 Å². The number of aromatic nitrogens is 3. The molecule has 7 heteroatoms. The van der Waals surface area contributed by atoms with Crippen LogP contribution in [-0.2, 0) is 0 Å². The molecule has 0 aliphatic rings. The van der Waals surface area contributed by atoms with Gasteiger partial charge in [-0.2, -0.15) is 5.10 Å². The van der Waals surface area contributed by atoms with Crippen molar-refractivity contribution in [1.82, 2.24) is 15.2 Å². The second-order valence-corrected chi connectivity index (χ2v) is 3.25. The zero-order valence-corrected chi connectivity index (χ0v) is 8.93. The van der Waals surface area contributed by atoms with Crippen LogP contribution in [0.5, 0.6) is 0 Å². The molecular formula is C8H5BrN4O2. The van der Waals surface area contributed by atoms with Crippen LogP contribution in [-0.4, -0.2) is 21.1 Å². The van der Waals surface area contributed by atoms with E-state index in [9.17, 15) is 4.79 Å². The van der Waals surface area contributed by atoms with Crippen molar-refractivity contribution in [1.29, 1.82) is 0 Å². The molecule has 2 aromatic heterocycles. The lowest BCUT2D eigenvalue weighted by atomic mass is 10.3. The number of furan rings is 1. The van der Waals surface area contributed by atoms with Crippen molar-refractivity contribution in [3.8, 4) is 0 Å². The number of carbonyl (C=O) groups excluding carboxylic acids is 1. The van der Waals surface area contributed by atoms with Crippen molar-refractivity contribution in [2.45, 2.75) is 0 Å². The molecule has 2 rings (SSSR count). The van der Waals surface area contributed by atoms with E-state index >= 15 is 0 Å². The molecule has 1 amide bonds. The molecule has 0 aliphatic carbocycles. The first-order valence-corrected chi connectivity index (χ1v) is 4.74. The molecule has 0 bridgehead atoms. The van der Waals surface area contributed by atoms with Crippen molar-refractivity contribution < 1.29 is 9.21 Å². The highest BCUT2D eigenvalue weighted by Gasteiger charge is 2.13. The summed E-state index contributed by atoms with van der Waals surface area (Å²) < 4.78 is 5.29. The van der Waals surface area contributed by atoms with Crippen molar-refractivity contribution in [2.24, 2.45) is 0 Å². The molecule has 1 N–H and O–H groups in total. The summed E-state index contributed by atoms with van der Waals surface area (Å²) in [5, 5.41) is 9.67. The first-order chi connectivity index (χ1) is 7.27. The Morgan fingerprint density at radius 3 is 2.93 bits per heavy atom. The average Bonchev–Trinajstić information content (AvgIpc) is 2.66. The smallest absolute Gasteiger partial charge is 0.262 e. The maximum atomic E-state index is 11.6. The predicted octanol–water partition coefficient (Wildman–Crippen LogP) is 1.48. The zero-order chi connectivity index (χ0) is 10.7. The third-order valence-electron chi connectivity index (χ3n) is 1.57. The van der Waals surface area contributed by atoms with Gasteiger partial charge >= 0.3 is 0 Å². The predicted molar refractivity (Wildman–Crippen MR) is 54.2 cm³/mol. The fourth-order valence-corrected chi connectivity index (χ4v) is 1.35. The number of hydrogen-bond donors (Lipinski definition) is 1. The van der Waals surface area contributed by atoms with E-state index in [1.165, 1.54) is 24.7 Å². The molecular weight excluding hydrogens is 264 g/mol. The van der Waals surface area contributed by atoms with Gasteiger partial charge in [-0.25, -0.2) is 4.98 Å². The van der Waals surface area contributed by atoms with E-state index in [2.05, 4.69) is 36.4 Å². The molecule has 2 aromatic rings. The fourth-order valence-electron chi connectivity index (χ4n) is 0.929. The van der Waals surface area contributed by atoms with Crippen LogP contribution in [0.25, 0.3) is 0 Å². The van der Waals surface area contributed by atoms with Gasteiger partial charge in [0.25, 0.3) is 5.91 Å². The van der Waals surface area contributed by atoms with Gasteiger partial charge in [0.2, 0.25) is 5.95 Å². The molecule has 76 valence electrons. The highest BCUT2D eigenvalue weighted by atomic mass is 79.9. The molecule has 0 unspecified atom stereocenters. The number of amides is 1. The Morgan fingerprint density at radius 2 is 2.33 bits per heavy atom. The Morgan fingerprint density at radius 1 is 1.47 bits per heavy atom. The number of halogens is 1. The van der Waals surface area contributed by atoms with Crippen LogP contribution < -0.4 is 5.32 Å². The molecule has 0 atom stereocenters. The second kappa shape index (κ2) is 4.18. The van der Waals surface area contributed by atoms with Gasteiger partial charge in [-0.1, -0.05) is 0 Å². The largest absolute Gasteiger partial charge is 0.457 e. The summed E-state index contributed by atoms with van der Waals surface area (Å²) in [6.45, 7) is 0. The minimum Gasteiger partial charge on any atom is -0.457 e. The lowest BCUT2D eigenvalue weighted by Crippen LogP contribution is -2.14. The van der Waals surface area contributed by atoms with E-state index < -0.39 is 0 Å². The average molecular weight is 269 g/mol. The molecule has 6 nitrogen and oxygen atoms in total. The lowest BCUT2D eigenvalue weighted by Gasteiger charge is -1.99. The molecule has 0 saturated heterocycles.